The van der Waals surface area contributed by atoms with Crippen molar-refractivity contribution in [2.45, 2.75) is 39.2 Å². The predicted molar refractivity (Wildman–Crippen MR) is 120 cm³/mol. The molecule has 2 heterocycles. The summed E-state index contributed by atoms with van der Waals surface area (Å²) in [5, 5.41) is 7.25. The Labute approximate surface area is 183 Å². The molecule has 0 spiro atoms. The molecule has 6 heteroatoms. The summed E-state index contributed by atoms with van der Waals surface area (Å²) in [5.74, 6) is 1.39. The van der Waals surface area contributed by atoms with Crippen LogP contribution in [0.25, 0.3) is 11.4 Å². The number of benzene rings is 2. The van der Waals surface area contributed by atoms with Crippen LogP contribution < -0.4 is 5.32 Å². The number of nitrogens with one attached hydrogen (secondary N) is 1. The van der Waals surface area contributed by atoms with Crippen LogP contribution in [0, 0.1) is 12.8 Å². The molecule has 162 valence electrons. The first-order valence-corrected chi connectivity index (χ1v) is 11.1. The van der Waals surface area contributed by atoms with Crippen molar-refractivity contribution in [3.05, 3.63) is 71.6 Å². The van der Waals surface area contributed by atoms with Crippen molar-refractivity contribution in [1.82, 2.24) is 20.4 Å². The van der Waals surface area contributed by atoms with Crippen molar-refractivity contribution in [3.8, 4) is 11.4 Å². The van der Waals surface area contributed by atoms with Crippen LogP contribution in [0.5, 0.6) is 0 Å². The van der Waals surface area contributed by atoms with E-state index in [9.17, 15) is 4.79 Å². The maximum atomic E-state index is 12.6. The lowest BCUT2D eigenvalue weighted by Crippen LogP contribution is -2.43. The Morgan fingerprint density at radius 2 is 2.06 bits per heavy atom. The van der Waals surface area contributed by atoms with Crippen molar-refractivity contribution in [2.24, 2.45) is 5.92 Å². The Bertz CT molecular complexity index is 986. The van der Waals surface area contributed by atoms with Gasteiger partial charge in [0.25, 0.3) is 0 Å². The molecule has 1 amide bonds. The van der Waals surface area contributed by atoms with E-state index in [1.54, 1.807) is 0 Å². The van der Waals surface area contributed by atoms with Gasteiger partial charge in [-0.25, -0.2) is 0 Å². The van der Waals surface area contributed by atoms with E-state index in [4.69, 9.17) is 4.52 Å². The predicted octanol–water partition coefficient (Wildman–Crippen LogP) is 4.01. The maximum Gasteiger partial charge on any atom is 0.241 e. The third-order valence-corrected chi connectivity index (χ3v) is 5.76. The normalized spacial score (nSPS) is 16.9. The molecule has 3 aromatic rings. The fourth-order valence-corrected chi connectivity index (χ4v) is 4.12. The molecule has 1 aromatic heterocycles. The molecule has 1 aliphatic rings. The molecule has 1 fully saturated rings. The van der Waals surface area contributed by atoms with Crippen molar-refractivity contribution in [1.29, 1.82) is 0 Å². The lowest BCUT2D eigenvalue weighted by Gasteiger charge is -2.30. The van der Waals surface area contributed by atoms with E-state index in [2.05, 4.69) is 44.6 Å². The quantitative estimate of drug-likeness (QED) is 0.560. The van der Waals surface area contributed by atoms with Gasteiger partial charge in [0.15, 0.2) is 0 Å². The van der Waals surface area contributed by atoms with Crippen molar-refractivity contribution in [3.63, 3.8) is 0 Å². The molecule has 2 aromatic carbocycles. The van der Waals surface area contributed by atoms with Crippen LogP contribution in [-0.2, 0) is 17.8 Å². The molecule has 1 aliphatic heterocycles. The molecule has 0 aliphatic carbocycles. The molecular formula is C25H30N4O2. The van der Waals surface area contributed by atoms with Gasteiger partial charge in [-0.15, -0.1) is 0 Å². The molecule has 1 unspecified atom stereocenters. The van der Waals surface area contributed by atoms with Crippen molar-refractivity contribution in [2.75, 3.05) is 19.6 Å². The van der Waals surface area contributed by atoms with Gasteiger partial charge in [0.1, 0.15) is 0 Å². The van der Waals surface area contributed by atoms with E-state index in [-0.39, 0.29) is 11.8 Å². The smallest absolute Gasteiger partial charge is 0.241 e. The van der Waals surface area contributed by atoms with Crippen LogP contribution in [0.1, 0.15) is 36.3 Å². The number of aromatic nitrogens is 2. The average Bonchev–Trinajstić information content (AvgIpc) is 3.26. The summed E-state index contributed by atoms with van der Waals surface area (Å²) in [4.78, 5) is 19.4. The topological polar surface area (TPSA) is 71.3 Å². The lowest BCUT2D eigenvalue weighted by molar-refractivity contribution is -0.126. The molecule has 1 saturated heterocycles. The molecular weight excluding hydrogens is 388 g/mol. The summed E-state index contributed by atoms with van der Waals surface area (Å²) in [6, 6.07) is 18.5. The van der Waals surface area contributed by atoms with Gasteiger partial charge in [0.05, 0.1) is 12.5 Å². The number of nitrogens with zero attached hydrogens (tertiary/aromatic N) is 3. The highest BCUT2D eigenvalue weighted by atomic mass is 16.5. The number of carbonyl (C=O) groups is 1. The van der Waals surface area contributed by atoms with Crippen LogP contribution in [0.3, 0.4) is 0 Å². The Morgan fingerprint density at radius 1 is 1.19 bits per heavy atom. The Morgan fingerprint density at radius 3 is 2.90 bits per heavy atom. The van der Waals surface area contributed by atoms with Gasteiger partial charge in [0, 0.05) is 18.7 Å². The van der Waals surface area contributed by atoms with E-state index in [0.29, 0.717) is 24.8 Å². The van der Waals surface area contributed by atoms with Gasteiger partial charge < -0.3 is 9.84 Å². The maximum absolute atomic E-state index is 12.6. The number of amides is 1. The lowest BCUT2D eigenvalue weighted by atomic mass is 9.97. The summed E-state index contributed by atoms with van der Waals surface area (Å²) in [6.07, 6.45) is 3.87. The molecule has 1 atom stereocenters. The Hall–Kier alpha value is -2.99. The number of piperidine rings is 1. The molecule has 1 N–H and O–H groups in total. The SMILES string of the molecule is Cc1cccc(-c2noc(CN3CCCC(C(=O)NCCCc4ccccc4)C3)n2)c1. The second-order valence-electron chi connectivity index (χ2n) is 8.34. The fraction of sp³-hybridized carbons (Fsp3) is 0.400. The van der Waals surface area contributed by atoms with E-state index >= 15 is 0 Å². The van der Waals surface area contributed by atoms with Crippen LogP contribution in [0.4, 0.5) is 0 Å². The Balaban J connectivity index is 1.24. The highest BCUT2D eigenvalue weighted by Gasteiger charge is 2.26. The molecule has 31 heavy (non-hydrogen) atoms. The first-order valence-electron chi connectivity index (χ1n) is 11.1. The van der Waals surface area contributed by atoms with E-state index in [1.807, 2.05) is 37.3 Å². The summed E-state index contributed by atoms with van der Waals surface area (Å²) in [6.45, 7) is 5.02. The van der Waals surface area contributed by atoms with Crippen LogP contribution >= 0.6 is 0 Å². The van der Waals surface area contributed by atoms with E-state index in [1.165, 1.54) is 5.56 Å². The van der Waals surface area contributed by atoms with Crippen LogP contribution in [-0.4, -0.2) is 40.6 Å². The van der Waals surface area contributed by atoms with Gasteiger partial charge in [0.2, 0.25) is 17.6 Å². The Kier molecular flexibility index (Phi) is 7.10. The van der Waals surface area contributed by atoms with Gasteiger partial charge in [-0.1, -0.05) is 59.3 Å². The van der Waals surface area contributed by atoms with Gasteiger partial charge in [-0.05, 0) is 50.8 Å². The first-order chi connectivity index (χ1) is 15.2. The summed E-state index contributed by atoms with van der Waals surface area (Å²) in [5.41, 5.74) is 3.43. The zero-order valence-electron chi connectivity index (χ0n) is 18.1. The van der Waals surface area contributed by atoms with Crippen LogP contribution in [0.2, 0.25) is 0 Å². The zero-order valence-corrected chi connectivity index (χ0v) is 18.1. The van der Waals surface area contributed by atoms with Crippen LogP contribution in [0.15, 0.2) is 59.1 Å². The van der Waals surface area contributed by atoms with Gasteiger partial charge in [-0.3, -0.25) is 9.69 Å². The number of hydrogen-bond donors (Lipinski definition) is 1. The average molecular weight is 419 g/mol. The van der Waals surface area contributed by atoms with Crippen molar-refractivity contribution < 1.29 is 9.32 Å². The largest absolute Gasteiger partial charge is 0.356 e. The van der Waals surface area contributed by atoms with E-state index < -0.39 is 0 Å². The third-order valence-electron chi connectivity index (χ3n) is 5.76. The summed E-state index contributed by atoms with van der Waals surface area (Å²) < 4.78 is 5.48. The third kappa shape index (κ3) is 6.01. The zero-order chi connectivity index (χ0) is 21.5. The molecule has 0 bridgehead atoms. The van der Waals surface area contributed by atoms with E-state index in [0.717, 1.165) is 49.9 Å². The van der Waals surface area contributed by atoms with Gasteiger partial charge >= 0.3 is 0 Å². The number of likely N-dealkylation sites (tertiary alicyclic amines) is 1. The summed E-state index contributed by atoms with van der Waals surface area (Å²) >= 11 is 0. The first kappa shape index (κ1) is 21.2. The number of carbonyl (C=O) groups excluding carboxylic acids is 1. The fourth-order valence-electron chi connectivity index (χ4n) is 4.12. The van der Waals surface area contributed by atoms with Crippen molar-refractivity contribution >= 4 is 5.91 Å². The molecule has 0 saturated carbocycles. The monoisotopic (exact) mass is 418 g/mol. The minimum atomic E-state index is 0.0182. The number of aryl methyl sites for hydroxylation is 2. The second-order valence-corrected chi connectivity index (χ2v) is 8.34. The highest BCUT2D eigenvalue weighted by molar-refractivity contribution is 5.78. The highest BCUT2D eigenvalue weighted by Crippen LogP contribution is 2.21. The molecule has 0 radical (unpaired) electrons. The second kappa shape index (κ2) is 10.4. The number of hydrogen-bond acceptors (Lipinski definition) is 5. The standard InChI is InChI=1S/C25H30N4O2/c1-19-8-5-12-21(16-19)24-27-23(31-28-24)18-29-15-7-13-22(17-29)25(30)26-14-6-11-20-9-3-2-4-10-20/h2-5,8-10,12,16,22H,6-7,11,13-15,17-18H2,1H3,(H,26,30). The molecule has 4 rings (SSSR count). The molecule has 6 nitrogen and oxygen atoms in total. The number of rotatable bonds is 8. The summed E-state index contributed by atoms with van der Waals surface area (Å²) in [7, 11) is 0. The minimum Gasteiger partial charge on any atom is -0.356 e. The van der Waals surface area contributed by atoms with Gasteiger partial charge in [-0.2, -0.15) is 4.98 Å². The minimum absolute atomic E-state index is 0.0182.